The molecule has 0 spiro atoms. The highest BCUT2D eigenvalue weighted by Gasteiger charge is 2.02. The highest BCUT2D eigenvalue weighted by molar-refractivity contribution is 5.42. The lowest BCUT2D eigenvalue weighted by molar-refractivity contribution is 0.894. The first kappa shape index (κ1) is 10.4. The zero-order valence-electron chi connectivity index (χ0n) is 9.05. The molecule has 82 valence electrons. The molecular weight excluding hydrogens is 202 g/mol. The lowest BCUT2D eigenvalue weighted by Crippen LogP contribution is -2.19. The summed E-state index contributed by atoms with van der Waals surface area (Å²) in [5.41, 5.74) is 1.83. The maximum atomic E-state index is 11.1. The normalized spacial score (nSPS) is 10.1. The van der Waals surface area contributed by atoms with Gasteiger partial charge in [-0.15, -0.1) is 0 Å². The van der Waals surface area contributed by atoms with Crippen molar-refractivity contribution in [1.29, 1.82) is 0 Å². The van der Waals surface area contributed by atoms with E-state index < -0.39 is 0 Å². The van der Waals surface area contributed by atoms with E-state index in [2.05, 4.69) is 22.3 Å². The minimum Gasteiger partial charge on any atom is -0.369 e. The van der Waals surface area contributed by atoms with Crippen molar-refractivity contribution in [3.63, 3.8) is 0 Å². The largest absolute Gasteiger partial charge is 0.369 e. The SMILES string of the molecule is CN(Cc1ccccc1)c1cn[nH]c(=O)c1. The van der Waals surface area contributed by atoms with Crippen LogP contribution in [-0.4, -0.2) is 17.2 Å². The number of rotatable bonds is 3. The molecule has 2 rings (SSSR count). The van der Waals surface area contributed by atoms with E-state index in [0.29, 0.717) is 0 Å². The second-order valence-electron chi connectivity index (χ2n) is 3.65. The lowest BCUT2D eigenvalue weighted by atomic mass is 10.2. The fourth-order valence-electron chi connectivity index (χ4n) is 1.52. The van der Waals surface area contributed by atoms with E-state index >= 15 is 0 Å². The maximum absolute atomic E-state index is 11.1. The molecule has 16 heavy (non-hydrogen) atoms. The highest BCUT2D eigenvalue weighted by atomic mass is 16.1. The number of anilines is 1. The first-order valence-corrected chi connectivity index (χ1v) is 5.05. The fraction of sp³-hybridized carbons (Fsp3) is 0.167. The number of aromatic nitrogens is 2. The quantitative estimate of drug-likeness (QED) is 0.842. The highest BCUT2D eigenvalue weighted by Crippen LogP contribution is 2.11. The van der Waals surface area contributed by atoms with Crippen LogP contribution in [0.5, 0.6) is 0 Å². The van der Waals surface area contributed by atoms with Gasteiger partial charge in [-0.3, -0.25) is 4.79 Å². The molecule has 4 nitrogen and oxygen atoms in total. The topological polar surface area (TPSA) is 49.0 Å². The molecule has 0 unspecified atom stereocenters. The van der Waals surface area contributed by atoms with Gasteiger partial charge in [0.2, 0.25) is 0 Å². The predicted octanol–water partition coefficient (Wildman–Crippen LogP) is 1.41. The van der Waals surface area contributed by atoms with Crippen LogP contribution in [0.3, 0.4) is 0 Å². The van der Waals surface area contributed by atoms with Gasteiger partial charge in [0.25, 0.3) is 5.56 Å². The van der Waals surface area contributed by atoms with E-state index in [1.165, 1.54) is 11.6 Å². The summed E-state index contributed by atoms with van der Waals surface area (Å²) in [5, 5.41) is 6.13. The molecule has 0 fully saturated rings. The summed E-state index contributed by atoms with van der Waals surface area (Å²) in [7, 11) is 1.93. The number of H-pyrrole nitrogens is 1. The van der Waals surface area contributed by atoms with Crippen molar-refractivity contribution in [1.82, 2.24) is 10.2 Å². The number of hydrogen-bond donors (Lipinski definition) is 1. The third-order valence-electron chi connectivity index (χ3n) is 2.35. The Bertz CT molecular complexity index is 507. The molecule has 1 N–H and O–H groups in total. The second kappa shape index (κ2) is 4.61. The summed E-state index contributed by atoms with van der Waals surface area (Å²) < 4.78 is 0. The molecule has 1 aromatic carbocycles. The molecule has 0 atom stereocenters. The van der Waals surface area contributed by atoms with Crippen LogP contribution >= 0.6 is 0 Å². The van der Waals surface area contributed by atoms with Gasteiger partial charge in [-0.2, -0.15) is 5.10 Å². The molecule has 2 aromatic rings. The molecule has 0 aliphatic heterocycles. The smallest absolute Gasteiger partial charge is 0.266 e. The average Bonchev–Trinajstić information content (AvgIpc) is 2.30. The minimum atomic E-state index is -0.183. The summed E-state index contributed by atoms with van der Waals surface area (Å²) in [6, 6.07) is 11.6. The van der Waals surface area contributed by atoms with Crippen molar-refractivity contribution in [2.45, 2.75) is 6.54 Å². The van der Waals surface area contributed by atoms with E-state index in [1.807, 2.05) is 30.1 Å². The fourth-order valence-corrected chi connectivity index (χ4v) is 1.52. The molecule has 1 aromatic heterocycles. The van der Waals surface area contributed by atoms with E-state index in [9.17, 15) is 4.79 Å². The van der Waals surface area contributed by atoms with Crippen LogP contribution in [0.15, 0.2) is 47.4 Å². The zero-order chi connectivity index (χ0) is 11.4. The van der Waals surface area contributed by atoms with Crippen LogP contribution in [0, 0.1) is 0 Å². The van der Waals surface area contributed by atoms with Gasteiger partial charge in [-0.25, -0.2) is 5.10 Å². The van der Waals surface area contributed by atoms with Gasteiger partial charge >= 0.3 is 0 Å². The Balaban J connectivity index is 2.15. The predicted molar refractivity (Wildman–Crippen MR) is 63.4 cm³/mol. The molecular formula is C12H13N3O. The van der Waals surface area contributed by atoms with E-state index in [0.717, 1.165) is 12.2 Å². The van der Waals surface area contributed by atoms with Crippen molar-refractivity contribution in [2.75, 3.05) is 11.9 Å². The third kappa shape index (κ3) is 2.48. The Morgan fingerprint density at radius 3 is 2.75 bits per heavy atom. The number of nitrogens with one attached hydrogen (secondary N) is 1. The minimum absolute atomic E-state index is 0.183. The van der Waals surface area contributed by atoms with Crippen LogP contribution in [0.2, 0.25) is 0 Å². The lowest BCUT2D eigenvalue weighted by Gasteiger charge is -2.18. The van der Waals surface area contributed by atoms with Gasteiger partial charge in [-0.05, 0) is 5.56 Å². The Kier molecular flexibility index (Phi) is 3.00. The summed E-state index contributed by atoms with van der Waals surface area (Å²) in [6.07, 6.45) is 1.64. The molecule has 0 amide bonds. The van der Waals surface area contributed by atoms with Gasteiger partial charge in [0.05, 0.1) is 11.9 Å². The van der Waals surface area contributed by atoms with E-state index in [4.69, 9.17) is 0 Å². The Morgan fingerprint density at radius 1 is 1.31 bits per heavy atom. The van der Waals surface area contributed by atoms with E-state index in [1.54, 1.807) is 6.20 Å². The van der Waals surface area contributed by atoms with Crippen LogP contribution in [0.1, 0.15) is 5.56 Å². The first-order chi connectivity index (χ1) is 7.75. The molecule has 0 radical (unpaired) electrons. The molecule has 0 saturated heterocycles. The van der Waals surface area contributed by atoms with Crippen molar-refractivity contribution >= 4 is 5.69 Å². The summed E-state index contributed by atoms with van der Waals surface area (Å²) in [6.45, 7) is 0.756. The number of nitrogens with zero attached hydrogens (tertiary/aromatic N) is 2. The second-order valence-corrected chi connectivity index (χ2v) is 3.65. The van der Waals surface area contributed by atoms with Crippen LogP contribution in [-0.2, 0) is 6.54 Å². The van der Waals surface area contributed by atoms with Crippen LogP contribution < -0.4 is 10.5 Å². The standard InChI is InChI=1S/C12H13N3O/c1-15(9-10-5-3-2-4-6-10)11-7-12(16)14-13-8-11/h2-8H,9H2,1H3,(H,14,16). The Labute approximate surface area is 93.5 Å². The zero-order valence-corrected chi connectivity index (χ0v) is 9.05. The molecule has 4 heteroatoms. The van der Waals surface area contributed by atoms with Gasteiger partial charge in [-0.1, -0.05) is 30.3 Å². The van der Waals surface area contributed by atoms with Crippen molar-refractivity contribution in [3.8, 4) is 0 Å². The van der Waals surface area contributed by atoms with Crippen molar-refractivity contribution < 1.29 is 0 Å². The van der Waals surface area contributed by atoms with Gasteiger partial charge in [0.15, 0.2) is 0 Å². The summed E-state index contributed by atoms with van der Waals surface area (Å²) >= 11 is 0. The van der Waals surface area contributed by atoms with Gasteiger partial charge < -0.3 is 4.90 Å². The molecule has 0 bridgehead atoms. The van der Waals surface area contributed by atoms with Crippen LogP contribution in [0.4, 0.5) is 5.69 Å². The molecule has 1 heterocycles. The van der Waals surface area contributed by atoms with Gasteiger partial charge in [0.1, 0.15) is 0 Å². The average molecular weight is 215 g/mol. The summed E-state index contributed by atoms with van der Waals surface area (Å²) in [4.78, 5) is 13.1. The number of aromatic amines is 1. The third-order valence-corrected chi connectivity index (χ3v) is 2.35. The van der Waals surface area contributed by atoms with Crippen molar-refractivity contribution in [2.24, 2.45) is 0 Å². The maximum Gasteiger partial charge on any atom is 0.266 e. The monoisotopic (exact) mass is 215 g/mol. The van der Waals surface area contributed by atoms with Crippen molar-refractivity contribution in [3.05, 3.63) is 58.5 Å². The molecule has 0 aliphatic rings. The van der Waals surface area contributed by atoms with E-state index in [-0.39, 0.29) is 5.56 Å². The van der Waals surface area contributed by atoms with Gasteiger partial charge in [0, 0.05) is 19.7 Å². The van der Waals surface area contributed by atoms with Crippen LogP contribution in [0.25, 0.3) is 0 Å². The first-order valence-electron chi connectivity index (χ1n) is 5.05. The molecule has 0 aliphatic carbocycles. The number of hydrogen-bond acceptors (Lipinski definition) is 3. The Hall–Kier alpha value is -2.10. The summed E-state index contributed by atoms with van der Waals surface area (Å²) in [5.74, 6) is 0. The molecule has 0 saturated carbocycles. The number of benzene rings is 1. The Morgan fingerprint density at radius 2 is 2.06 bits per heavy atom.